The van der Waals surface area contributed by atoms with Crippen LogP contribution in [-0.4, -0.2) is 11.2 Å². The Balaban J connectivity index is 1.77. The van der Waals surface area contributed by atoms with Gasteiger partial charge in [0.25, 0.3) is 0 Å². The summed E-state index contributed by atoms with van der Waals surface area (Å²) < 4.78 is 0. The standard InChI is InChI=1S/C12H20O/c1-3-8(2)4-12(13)11-6-9-5-10(9)7-11/h9-13H,2-7H2,1H3. The van der Waals surface area contributed by atoms with E-state index in [0.717, 1.165) is 24.7 Å². The number of hydrogen-bond donors (Lipinski definition) is 1. The van der Waals surface area contributed by atoms with Crippen molar-refractivity contribution >= 4 is 0 Å². The lowest BCUT2D eigenvalue weighted by molar-refractivity contribution is 0.103. The minimum Gasteiger partial charge on any atom is -0.393 e. The predicted molar refractivity (Wildman–Crippen MR) is 54.4 cm³/mol. The normalized spacial score (nSPS) is 38.5. The summed E-state index contributed by atoms with van der Waals surface area (Å²) in [5, 5.41) is 9.93. The Morgan fingerprint density at radius 1 is 1.38 bits per heavy atom. The van der Waals surface area contributed by atoms with E-state index in [2.05, 4.69) is 13.5 Å². The van der Waals surface area contributed by atoms with Crippen LogP contribution in [-0.2, 0) is 0 Å². The van der Waals surface area contributed by atoms with Gasteiger partial charge in [-0.3, -0.25) is 0 Å². The molecular weight excluding hydrogens is 160 g/mol. The van der Waals surface area contributed by atoms with Crippen LogP contribution in [0.5, 0.6) is 0 Å². The van der Waals surface area contributed by atoms with Gasteiger partial charge in [-0.25, -0.2) is 0 Å². The molecule has 0 aromatic rings. The van der Waals surface area contributed by atoms with E-state index in [-0.39, 0.29) is 6.10 Å². The van der Waals surface area contributed by atoms with Gasteiger partial charge in [-0.05, 0) is 49.9 Å². The molecule has 0 aromatic carbocycles. The smallest absolute Gasteiger partial charge is 0.0605 e. The molecule has 1 N–H and O–H groups in total. The van der Waals surface area contributed by atoms with Crippen molar-refractivity contribution in [3.8, 4) is 0 Å². The van der Waals surface area contributed by atoms with E-state index in [0.29, 0.717) is 5.92 Å². The Morgan fingerprint density at radius 2 is 2.00 bits per heavy atom. The minimum absolute atomic E-state index is 0.0970. The summed E-state index contributed by atoms with van der Waals surface area (Å²) in [5.74, 6) is 2.55. The molecule has 2 aliphatic carbocycles. The van der Waals surface area contributed by atoms with Gasteiger partial charge >= 0.3 is 0 Å². The summed E-state index contributed by atoms with van der Waals surface area (Å²) in [6, 6.07) is 0. The van der Waals surface area contributed by atoms with Crippen molar-refractivity contribution in [1.82, 2.24) is 0 Å². The second-order valence-electron chi connectivity index (χ2n) is 4.86. The van der Waals surface area contributed by atoms with E-state index < -0.39 is 0 Å². The van der Waals surface area contributed by atoms with Gasteiger partial charge in [-0.1, -0.05) is 19.1 Å². The average Bonchev–Trinajstić information content (AvgIpc) is 2.73. The van der Waals surface area contributed by atoms with Crippen molar-refractivity contribution in [3.05, 3.63) is 12.2 Å². The summed E-state index contributed by atoms with van der Waals surface area (Å²) in [7, 11) is 0. The fourth-order valence-electron chi connectivity index (χ4n) is 2.68. The molecule has 0 amide bonds. The quantitative estimate of drug-likeness (QED) is 0.659. The highest BCUT2D eigenvalue weighted by Crippen LogP contribution is 2.55. The molecule has 13 heavy (non-hydrogen) atoms. The fourth-order valence-corrected chi connectivity index (χ4v) is 2.68. The number of aliphatic hydroxyl groups excluding tert-OH is 1. The van der Waals surface area contributed by atoms with Crippen LogP contribution in [0.3, 0.4) is 0 Å². The van der Waals surface area contributed by atoms with Crippen molar-refractivity contribution < 1.29 is 5.11 Å². The zero-order chi connectivity index (χ0) is 9.42. The maximum atomic E-state index is 9.93. The van der Waals surface area contributed by atoms with Gasteiger partial charge in [0.1, 0.15) is 0 Å². The molecule has 3 atom stereocenters. The Hall–Kier alpha value is -0.300. The third kappa shape index (κ3) is 1.96. The van der Waals surface area contributed by atoms with E-state index in [1.165, 1.54) is 24.8 Å². The second-order valence-corrected chi connectivity index (χ2v) is 4.86. The van der Waals surface area contributed by atoms with Gasteiger partial charge in [-0.15, -0.1) is 0 Å². The SMILES string of the molecule is C=C(CC)CC(O)C1CC2CC2C1. The zero-order valence-electron chi connectivity index (χ0n) is 8.50. The monoisotopic (exact) mass is 180 g/mol. The van der Waals surface area contributed by atoms with Crippen molar-refractivity contribution in [2.45, 2.75) is 45.1 Å². The van der Waals surface area contributed by atoms with Gasteiger partial charge in [-0.2, -0.15) is 0 Å². The minimum atomic E-state index is -0.0970. The van der Waals surface area contributed by atoms with Crippen LogP contribution in [0.2, 0.25) is 0 Å². The van der Waals surface area contributed by atoms with Crippen molar-refractivity contribution in [2.24, 2.45) is 17.8 Å². The first-order chi connectivity index (χ1) is 6.20. The highest BCUT2D eigenvalue weighted by molar-refractivity contribution is 5.02. The first-order valence-electron chi connectivity index (χ1n) is 5.55. The fraction of sp³-hybridized carbons (Fsp3) is 0.833. The van der Waals surface area contributed by atoms with Gasteiger partial charge in [0, 0.05) is 0 Å². The summed E-state index contributed by atoms with van der Waals surface area (Å²) in [6.45, 7) is 6.07. The van der Waals surface area contributed by atoms with Gasteiger partial charge in [0.05, 0.1) is 6.10 Å². The molecule has 2 aliphatic rings. The molecule has 0 heterocycles. The highest BCUT2D eigenvalue weighted by Gasteiger charge is 2.47. The summed E-state index contributed by atoms with van der Waals surface area (Å²) in [6.07, 6.45) is 5.75. The molecule has 0 radical (unpaired) electrons. The average molecular weight is 180 g/mol. The summed E-state index contributed by atoms with van der Waals surface area (Å²) >= 11 is 0. The molecule has 2 rings (SSSR count). The van der Waals surface area contributed by atoms with Crippen LogP contribution in [0, 0.1) is 17.8 Å². The van der Waals surface area contributed by atoms with Crippen LogP contribution in [0.4, 0.5) is 0 Å². The Labute approximate surface area is 80.8 Å². The highest BCUT2D eigenvalue weighted by atomic mass is 16.3. The molecule has 1 nitrogen and oxygen atoms in total. The third-order valence-corrected chi connectivity index (χ3v) is 3.82. The maximum absolute atomic E-state index is 9.93. The van der Waals surface area contributed by atoms with Crippen LogP contribution in [0.25, 0.3) is 0 Å². The maximum Gasteiger partial charge on any atom is 0.0605 e. The Bertz CT molecular complexity index is 199. The molecule has 74 valence electrons. The molecule has 3 unspecified atom stereocenters. The predicted octanol–water partition coefficient (Wildman–Crippen LogP) is 2.75. The zero-order valence-corrected chi connectivity index (χ0v) is 8.50. The molecule has 1 heteroatoms. The van der Waals surface area contributed by atoms with Crippen molar-refractivity contribution in [1.29, 1.82) is 0 Å². The Morgan fingerprint density at radius 3 is 2.54 bits per heavy atom. The van der Waals surface area contributed by atoms with Gasteiger partial charge in [0.2, 0.25) is 0 Å². The lowest BCUT2D eigenvalue weighted by atomic mass is 9.92. The first kappa shape index (κ1) is 9.26. The molecular formula is C12H20O. The number of hydrogen-bond acceptors (Lipinski definition) is 1. The molecule has 0 aliphatic heterocycles. The van der Waals surface area contributed by atoms with Crippen molar-refractivity contribution in [3.63, 3.8) is 0 Å². The lowest BCUT2D eigenvalue weighted by Crippen LogP contribution is -2.19. The molecule has 0 aromatic heterocycles. The molecule has 0 saturated heterocycles. The molecule has 0 bridgehead atoms. The second kappa shape index (κ2) is 3.45. The van der Waals surface area contributed by atoms with Crippen LogP contribution >= 0.6 is 0 Å². The van der Waals surface area contributed by atoms with E-state index in [1.807, 2.05) is 0 Å². The number of aliphatic hydroxyl groups is 1. The largest absolute Gasteiger partial charge is 0.393 e. The van der Waals surface area contributed by atoms with E-state index >= 15 is 0 Å². The van der Waals surface area contributed by atoms with Crippen LogP contribution in [0.1, 0.15) is 39.0 Å². The van der Waals surface area contributed by atoms with Crippen LogP contribution in [0.15, 0.2) is 12.2 Å². The van der Waals surface area contributed by atoms with E-state index in [9.17, 15) is 5.11 Å². The van der Waals surface area contributed by atoms with E-state index in [4.69, 9.17) is 0 Å². The topological polar surface area (TPSA) is 20.2 Å². The summed E-state index contributed by atoms with van der Waals surface area (Å²) in [5.41, 5.74) is 1.20. The number of rotatable bonds is 4. The lowest BCUT2D eigenvalue weighted by Gasteiger charge is -2.19. The van der Waals surface area contributed by atoms with Crippen LogP contribution < -0.4 is 0 Å². The Kier molecular flexibility index (Phi) is 2.46. The first-order valence-corrected chi connectivity index (χ1v) is 5.55. The van der Waals surface area contributed by atoms with E-state index in [1.54, 1.807) is 0 Å². The molecule has 2 fully saturated rings. The van der Waals surface area contributed by atoms with Gasteiger partial charge in [0.15, 0.2) is 0 Å². The number of fused-ring (bicyclic) bond motifs is 1. The van der Waals surface area contributed by atoms with Crippen molar-refractivity contribution in [2.75, 3.05) is 0 Å². The summed E-state index contributed by atoms with van der Waals surface area (Å²) in [4.78, 5) is 0. The molecule has 0 spiro atoms. The third-order valence-electron chi connectivity index (χ3n) is 3.82. The van der Waals surface area contributed by atoms with Gasteiger partial charge < -0.3 is 5.11 Å². The molecule has 2 saturated carbocycles.